The van der Waals surface area contributed by atoms with Gasteiger partial charge in [-0.05, 0) is 27.7 Å². The largest absolute Gasteiger partial charge is 0.468 e. The van der Waals surface area contributed by atoms with E-state index in [0.717, 1.165) is 0 Å². The van der Waals surface area contributed by atoms with Gasteiger partial charge in [0.05, 0.1) is 19.3 Å². The zero-order chi connectivity index (χ0) is 10.7. The summed E-state index contributed by atoms with van der Waals surface area (Å²) < 4.78 is 9.93. The first-order valence-electron chi connectivity index (χ1n) is 4.20. The lowest BCUT2D eigenvalue weighted by molar-refractivity contribution is -0.150. The molecule has 0 unspecified atom stereocenters. The molecule has 0 heterocycles. The second-order valence-corrected chi connectivity index (χ2v) is 4.31. The fraction of sp³-hybridized carbons (Fsp3) is 0.889. The van der Waals surface area contributed by atoms with Crippen LogP contribution in [0, 0.1) is 0 Å². The number of esters is 1. The van der Waals surface area contributed by atoms with E-state index in [1.54, 1.807) is 6.92 Å². The van der Waals surface area contributed by atoms with Crippen LogP contribution in [0.25, 0.3) is 0 Å². The molecule has 0 aromatic carbocycles. The molecule has 4 nitrogen and oxygen atoms in total. The Kier molecular flexibility index (Phi) is 3.88. The minimum atomic E-state index is -1.07. The maximum atomic E-state index is 11.1. The molecule has 0 saturated heterocycles. The molecule has 4 heteroatoms. The molecule has 0 radical (unpaired) electrons. The Morgan fingerprint density at radius 2 is 1.77 bits per heavy atom. The Balaban J connectivity index is 4.11. The van der Waals surface area contributed by atoms with E-state index in [2.05, 4.69) is 4.74 Å². The van der Waals surface area contributed by atoms with Gasteiger partial charge in [-0.15, -0.1) is 0 Å². The summed E-state index contributed by atoms with van der Waals surface area (Å²) in [6.45, 7) is 7.45. The SMILES string of the molecule is COC(=O)[C@](C)(N)COC(C)(C)C. The molecule has 0 fully saturated rings. The molecule has 0 amide bonds. The molecular weight excluding hydrogens is 170 g/mol. The summed E-state index contributed by atoms with van der Waals surface area (Å²) in [5.74, 6) is -0.461. The number of hydrogen-bond acceptors (Lipinski definition) is 4. The van der Waals surface area contributed by atoms with E-state index in [0.29, 0.717) is 0 Å². The Bertz CT molecular complexity index is 182. The fourth-order valence-electron chi connectivity index (χ4n) is 0.659. The average molecular weight is 189 g/mol. The number of hydrogen-bond donors (Lipinski definition) is 1. The van der Waals surface area contributed by atoms with E-state index in [4.69, 9.17) is 10.5 Å². The molecule has 0 rings (SSSR count). The van der Waals surface area contributed by atoms with Gasteiger partial charge in [0.25, 0.3) is 0 Å². The highest BCUT2D eigenvalue weighted by molar-refractivity contribution is 5.80. The summed E-state index contributed by atoms with van der Waals surface area (Å²) in [7, 11) is 1.31. The van der Waals surface area contributed by atoms with E-state index >= 15 is 0 Å². The van der Waals surface area contributed by atoms with Gasteiger partial charge >= 0.3 is 5.97 Å². The van der Waals surface area contributed by atoms with Crippen molar-refractivity contribution in [1.82, 2.24) is 0 Å². The van der Waals surface area contributed by atoms with Crippen molar-refractivity contribution in [3.05, 3.63) is 0 Å². The van der Waals surface area contributed by atoms with Gasteiger partial charge < -0.3 is 15.2 Å². The number of ether oxygens (including phenoxy) is 2. The lowest BCUT2D eigenvalue weighted by Gasteiger charge is -2.27. The first kappa shape index (κ1) is 12.4. The Hall–Kier alpha value is -0.610. The minimum Gasteiger partial charge on any atom is -0.468 e. The Morgan fingerprint density at radius 1 is 1.31 bits per heavy atom. The van der Waals surface area contributed by atoms with Crippen LogP contribution >= 0.6 is 0 Å². The van der Waals surface area contributed by atoms with Gasteiger partial charge in [-0.1, -0.05) is 0 Å². The first-order chi connectivity index (χ1) is 5.69. The van der Waals surface area contributed by atoms with Crippen molar-refractivity contribution in [3.63, 3.8) is 0 Å². The molecule has 0 saturated carbocycles. The third kappa shape index (κ3) is 4.85. The number of carbonyl (C=O) groups is 1. The smallest absolute Gasteiger partial charge is 0.327 e. The molecule has 13 heavy (non-hydrogen) atoms. The van der Waals surface area contributed by atoms with Crippen LogP contribution in [0.3, 0.4) is 0 Å². The van der Waals surface area contributed by atoms with Crippen LogP contribution in [-0.2, 0) is 14.3 Å². The molecule has 0 aromatic rings. The summed E-state index contributed by atoms with van der Waals surface area (Å²) in [5, 5.41) is 0. The van der Waals surface area contributed by atoms with Crippen molar-refractivity contribution in [2.24, 2.45) is 5.73 Å². The average Bonchev–Trinajstić information content (AvgIpc) is 1.98. The molecule has 78 valence electrons. The number of methoxy groups -OCH3 is 1. The topological polar surface area (TPSA) is 61.5 Å². The summed E-state index contributed by atoms with van der Waals surface area (Å²) in [6.07, 6.45) is 0. The molecule has 0 bridgehead atoms. The van der Waals surface area contributed by atoms with E-state index in [1.165, 1.54) is 7.11 Å². The third-order valence-electron chi connectivity index (χ3n) is 1.46. The highest BCUT2D eigenvalue weighted by Gasteiger charge is 2.31. The summed E-state index contributed by atoms with van der Waals surface area (Å²) in [5.41, 5.74) is 4.31. The Morgan fingerprint density at radius 3 is 2.08 bits per heavy atom. The fourth-order valence-corrected chi connectivity index (χ4v) is 0.659. The monoisotopic (exact) mass is 189 g/mol. The summed E-state index contributed by atoms with van der Waals surface area (Å²) >= 11 is 0. The quantitative estimate of drug-likeness (QED) is 0.663. The van der Waals surface area contributed by atoms with Crippen LogP contribution in [0.4, 0.5) is 0 Å². The second kappa shape index (κ2) is 4.07. The minimum absolute atomic E-state index is 0.156. The number of carbonyl (C=O) groups excluding carboxylic acids is 1. The second-order valence-electron chi connectivity index (χ2n) is 4.31. The van der Waals surface area contributed by atoms with Gasteiger partial charge in [0.2, 0.25) is 0 Å². The lowest BCUT2D eigenvalue weighted by atomic mass is 10.1. The van der Waals surface area contributed by atoms with Crippen molar-refractivity contribution in [3.8, 4) is 0 Å². The van der Waals surface area contributed by atoms with Crippen molar-refractivity contribution < 1.29 is 14.3 Å². The van der Waals surface area contributed by atoms with Gasteiger partial charge in [0, 0.05) is 0 Å². The molecule has 2 N–H and O–H groups in total. The standard InChI is InChI=1S/C9H19NO3/c1-8(2,3)13-6-9(4,10)7(11)12-5/h6,10H2,1-5H3/t9-/m1/s1. The predicted molar refractivity (Wildman–Crippen MR) is 50.3 cm³/mol. The van der Waals surface area contributed by atoms with E-state index in [-0.39, 0.29) is 12.2 Å². The summed E-state index contributed by atoms with van der Waals surface area (Å²) in [4.78, 5) is 11.1. The van der Waals surface area contributed by atoms with Crippen LogP contribution in [0.5, 0.6) is 0 Å². The van der Waals surface area contributed by atoms with Gasteiger partial charge in [0.1, 0.15) is 5.54 Å². The van der Waals surface area contributed by atoms with Gasteiger partial charge in [-0.3, -0.25) is 0 Å². The maximum Gasteiger partial charge on any atom is 0.327 e. The molecule has 0 aliphatic rings. The molecule has 0 aliphatic heterocycles. The molecule has 0 aliphatic carbocycles. The number of nitrogens with two attached hydrogens (primary N) is 1. The predicted octanol–water partition coefficient (Wildman–Crippen LogP) is 0.692. The molecule has 0 spiro atoms. The van der Waals surface area contributed by atoms with E-state index in [1.807, 2.05) is 20.8 Å². The lowest BCUT2D eigenvalue weighted by Crippen LogP contribution is -2.51. The van der Waals surface area contributed by atoms with Crippen LogP contribution in [0.2, 0.25) is 0 Å². The van der Waals surface area contributed by atoms with Gasteiger partial charge in [-0.2, -0.15) is 0 Å². The third-order valence-corrected chi connectivity index (χ3v) is 1.46. The van der Waals surface area contributed by atoms with Crippen LogP contribution in [0.15, 0.2) is 0 Å². The van der Waals surface area contributed by atoms with Gasteiger partial charge in [-0.25, -0.2) is 4.79 Å². The zero-order valence-corrected chi connectivity index (χ0v) is 9.01. The highest BCUT2D eigenvalue weighted by Crippen LogP contribution is 2.11. The highest BCUT2D eigenvalue weighted by atomic mass is 16.5. The van der Waals surface area contributed by atoms with Crippen molar-refractivity contribution >= 4 is 5.97 Å². The number of rotatable bonds is 3. The van der Waals surface area contributed by atoms with Gasteiger partial charge in [0.15, 0.2) is 0 Å². The first-order valence-corrected chi connectivity index (χ1v) is 4.20. The van der Waals surface area contributed by atoms with Crippen molar-refractivity contribution in [2.75, 3.05) is 13.7 Å². The Labute approximate surface area is 79.4 Å². The zero-order valence-electron chi connectivity index (χ0n) is 9.01. The van der Waals surface area contributed by atoms with E-state index < -0.39 is 11.5 Å². The summed E-state index contributed by atoms with van der Waals surface area (Å²) in [6, 6.07) is 0. The maximum absolute atomic E-state index is 11.1. The molecule has 0 aromatic heterocycles. The van der Waals surface area contributed by atoms with Crippen molar-refractivity contribution in [1.29, 1.82) is 0 Å². The normalized spacial score (nSPS) is 16.5. The van der Waals surface area contributed by atoms with Crippen molar-refractivity contribution in [2.45, 2.75) is 38.8 Å². The molecule has 1 atom stereocenters. The van der Waals surface area contributed by atoms with E-state index in [9.17, 15) is 4.79 Å². The van der Waals surface area contributed by atoms with Crippen LogP contribution in [-0.4, -0.2) is 30.8 Å². The van der Waals surface area contributed by atoms with Crippen LogP contribution < -0.4 is 5.73 Å². The molecular formula is C9H19NO3. The van der Waals surface area contributed by atoms with Crippen LogP contribution in [0.1, 0.15) is 27.7 Å².